The number of benzene rings is 2. The first kappa shape index (κ1) is 18.5. The smallest absolute Gasteiger partial charge is 0.193 e. The zero-order valence-corrected chi connectivity index (χ0v) is 15.9. The second kappa shape index (κ2) is 7.85. The van der Waals surface area contributed by atoms with Gasteiger partial charge in [-0.25, -0.2) is 4.99 Å². The number of nitrogens with one attached hydrogen (secondary N) is 1. The number of ether oxygens (including phenoxy) is 1. The van der Waals surface area contributed by atoms with E-state index in [1.54, 1.807) is 7.11 Å². The molecule has 5 nitrogen and oxygen atoms in total. The molecule has 2 aromatic carbocycles. The highest BCUT2D eigenvalue weighted by atomic mass is 127. The van der Waals surface area contributed by atoms with E-state index in [1.807, 2.05) is 42.5 Å². The van der Waals surface area contributed by atoms with Crippen LogP contribution in [0.2, 0.25) is 0 Å². The standard InChI is InChI=1S/C18H21N3O2.HI/c1-23-15-8-6-14(7-9-15)21-17(19)20-12-18(22)11-10-13-4-2-3-5-16(13)18;/h2-9,22H,10-12H2,1H3,(H3,19,20,21);1H. The van der Waals surface area contributed by atoms with Crippen molar-refractivity contribution in [3.8, 4) is 5.75 Å². The number of aliphatic hydroxyl groups is 1. The number of aryl methyl sites for hydroxylation is 1. The molecule has 0 saturated carbocycles. The van der Waals surface area contributed by atoms with Crippen LogP contribution in [0, 0.1) is 0 Å². The molecular formula is C18H22IN3O2. The third kappa shape index (κ3) is 3.99. The predicted molar refractivity (Wildman–Crippen MR) is 107 cm³/mol. The largest absolute Gasteiger partial charge is 0.497 e. The normalized spacial score (nSPS) is 19.3. The second-order valence-electron chi connectivity index (χ2n) is 5.74. The van der Waals surface area contributed by atoms with E-state index in [0.29, 0.717) is 6.42 Å². The van der Waals surface area contributed by atoms with E-state index < -0.39 is 5.60 Å². The Hall–Kier alpha value is -1.80. The van der Waals surface area contributed by atoms with E-state index in [0.717, 1.165) is 23.4 Å². The Kier molecular flexibility index (Phi) is 6.06. The molecule has 0 heterocycles. The SMILES string of the molecule is COc1ccc(NC(N)=NCC2(O)CCc3ccccc32)cc1.I. The minimum Gasteiger partial charge on any atom is -0.497 e. The third-order valence-electron chi connectivity index (χ3n) is 4.20. The van der Waals surface area contributed by atoms with Crippen LogP contribution in [0.5, 0.6) is 5.75 Å². The van der Waals surface area contributed by atoms with E-state index in [4.69, 9.17) is 10.5 Å². The third-order valence-corrected chi connectivity index (χ3v) is 4.20. The van der Waals surface area contributed by atoms with Crippen LogP contribution >= 0.6 is 24.0 Å². The minimum atomic E-state index is -0.928. The van der Waals surface area contributed by atoms with Crippen LogP contribution in [0.1, 0.15) is 17.5 Å². The molecule has 2 aromatic rings. The monoisotopic (exact) mass is 439 g/mol. The van der Waals surface area contributed by atoms with Gasteiger partial charge in [0.05, 0.1) is 13.7 Å². The fourth-order valence-corrected chi connectivity index (χ4v) is 2.91. The zero-order chi connectivity index (χ0) is 16.3. The predicted octanol–water partition coefficient (Wildman–Crippen LogP) is 2.87. The number of anilines is 1. The van der Waals surface area contributed by atoms with Gasteiger partial charge in [0.15, 0.2) is 5.96 Å². The highest BCUT2D eigenvalue weighted by Gasteiger charge is 2.36. The summed E-state index contributed by atoms with van der Waals surface area (Å²) in [5, 5.41) is 13.8. The number of aliphatic imine (C=N–C) groups is 1. The van der Waals surface area contributed by atoms with Gasteiger partial charge in [-0.3, -0.25) is 0 Å². The Morgan fingerprint density at radius 3 is 2.67 bits per heavy atom. The maximum atomic E-state index is 10.8. The van der Waals surface area contributed by atoms with Crippen molar-refractivity contribution in [3.05, 3.63) is 59.7 Å². The lowest BCUT2D eigenvalue weighted by Crippen LogP contribution is -2.30. The first-order valence-corrected chi connectivity index (χ1v) is 7.62. The van der Waals surface area contributed by atoms with Gasteiger partial charge in [0.2, 0.25) is 0 Å². The molecule has 1 unspecified atom stereocenters. The Morgan fingerprint density at radius 1 is 1.25 bits per heavy atom. The number of hydrogen-bond donors (Lipinski definition) is 3. The van der Waals surface area contributed by atoms with Crippen LogP contribution in [-0.2, 0) is 12.0 Å². The molecule has 0 aromatic heterocycles. The molecule has 0 radical (unpaired) electrons. The molecule has 1 atom stereocenters. The van der Waals surface area contributed by atoms with Crippen molar-refractivity contribution in [1.29, 1.82) is 0 Å². The van der Waals surface area contributed by atoms with Gasteiger partial charge >= 0.3 is 0 Å². The van der Waals surface area contributed by atoms with Crippen LogP contribution in [-0.4, -0.2) is 24.7 Å². The number of nitrogens with zero attached hydrogens (tertiary/aromatic N) is 1. The zero-order valence-electron chi connectivity index (χ0n) is 13.5. The van der Waals surface area contributed by atoms with Crippen molar-refractivity contribution in [2.24, 2.45) is 10.7 Å². The minimum absolute atomic E-state index is 0. The van der Waals surface area contributed by atoms with Crippen molar-refractivity contribution in [2.45, 2.75) is 18.4 Å². The van der Waals surface area contributed by atoms with Crippen LogP contribution in [0.25, 0.3) is 0 Å². The fourth-order valence-electron chi connectivity index (χ4n) is 2.91. The number of hydrogen-bond acceptors (Lipinski definition) is 3. The first-order valence-electron chi connectivity index (χ1n) is 7.62. The van der Waals surface area contributed by atoms with Crippen molar-refractivity contribution in [1.82, 2.24) is 0 Å². The summed E-state index contributed by atoms with van der Waals surface area (Å²) in [6, 6.07) is 15.4. The second-order valence-corrected chi connectivity index (χ2v) is 5.74. The Balaban J connectivity index is 0.00000208. The molecule has 4 N–H and O–H groups in total. The lowest BCUT2D eigenvalue weighted by molar-refractivity contribution is 0.0487. The summed E-state index contributed by atoms with van der Waals surface area (Å²) in [6.45, 7) is 0.249. The van der Waals surface area contributed by atoms with Crippen molar-refractivity contribution < 1.29 is 9.84 Å². The summed E-state index contributed by atoms with van der Waals surface area (Å²) in [7, 11) is 1.62. The number of nitrogens with two attached hydrogens (primary N) is 1. The van der Waals surface area contributed by atoms with Crippen LogP contribution in [0.3, 0.4) is 0 Å². The Labute approximate surface area is 159 Å². The molecule has 1 aliphatic carbocycles. The van der Waals surface area contributed by atoms with Crippen molar-refractivity contribution in [2.75, 3.05) is 19.0 Å². The molecule has 24 heavy (non-hydrogen) atoms. The molecule has 0 amide bonds. The summed E-state index contributed by atoms with van der Waals surface area (Å²) in [5.74, 6) is 1.07. The number of guanidine groups is 1. The van der Waals surface area contributed by atoms with Gasteiger partial charge in [0.25, 0.3) is 0 Å². The Bertz CT molecular complexity index is 718. The highest BCUT2D eigenvalue weighted by Crippen LogP contribution is 2.36. The summed E-state index contributed by atoms with van der Waals surface area (Å²) in [5.41, 5.74) is 7.97. The van der Waals surface area contributed by atoms with E-state index in [9.17, 15) is 5.11 Å². The van der Waals surface area contributed by atoms with Crippen LogP contribution < -0.4 is 15.8 Å². The van der Waals surface area contributed by atoms with E-state index in [-0.39, 0.29) is 36.5 Å². The van der Waals surface area contributed by atoms with Gasteiger partial charge in [-0.2, -0.15) is 0 Å². The average Bonchev–Trinajstić information content (AvgIpc) is 2.92. The van der Waals surface area contributed by atoms with Gasteiger partial charge in [0.1, 0.15) is 11.4 Å². The first-order chi connectivity index (χ1) is 11.1. The Morgan fingerprint density at radius 2 is 1.96 bits per heavy atom. The maximum absolute atomic E-state index is 10.8. The van der Waals surface area contributed by atoms with E-state index >= 15 is 0 Å². The number of fused-ring (bicyclic) bond motifs is 1. The lowest BCUT2D eigenvalue weighted by Gasteiger charge is -2.22. The molecule has 0 aliphatic heterocycles. The van der Waals surface area contributed by atoms with Gasteiger partial charge in [-0.05, 0) is 48.2 Å². The molecule has 0 fully saturated rings. The molecule has 0 bridgehead atoms. The number of halogens is 1. The molecule has 0 saturated heterocycles. The number of methoxy groups -OCH3 is 1. The summed E-state index contributed by atoms with van der Waals surface area (Å²) >= 11 is 0. The quantitative estimate of drug-likeness (QED) is 0.389. The summed E-state index contributed by atoms with van der Waals surface area (Å²) in [6.07, 6.45) is 1.54. The molecule has 0 spiro atoms. The fraction of sp³-hybridized carbons (Fsp3) is 0.278. The molecule has 128 valence electrons. The molecule has 6 heteroatoms. The van der Waals surface area contributed by atoms with Gasteiger partial charge in [-0.1, -0.05) is 24.3 Å². The van der Waals surface area contributed by atoms with Gasteiger partial charge < -0.3 is 20.9 Å². The van der Waals surface area contributed by atoms with Gasteiger partial charge in [0, 0.05) is 5.69 Å². The lowest BCUT2D eigenvalue weighted by atomic mass is 9.96. The van der Waals surface area contributed by atoms with Gasteiger partial charge in [-0.15, -0.1) is 24.0 Å². The topological polar surface area (TPSA) is 79.9 Å². The maximum Gasteiger partial charge on any atom is 0.193 e. The molecule has 3 rings (SSSR count). The summed E-state index contributed by atoms with van der Waals surface area (Å²) in [4.78, 5) is 4.32. The molecule has 1 aliphatic rings. The highest BCUT2D eigenvalue weighted by molar-refractivity contribution is 14.0. The number of rotatable bonds is 4. The van der Waals surface area contributed by atoms with Crippen molar-refractivity contribution in [3.63, 3.8) is 0 Å². The van der Waals surface area contributed by atoms with E-state index in [2.05, 4.69) is 16.4 Å². The summed E-state index contributed by atoms with van der Waals surface area (Å²) < 4.78 is 5.11. The average molecular weight is 439 g/mol. The molecular weight excluding hydrogens is 417 g/mol. The van der Waals surface area contributed by atoms with Crippen LogP contribution in [0.4, 0.5) is 5.69 Å². The van der Waals surface area contributed by atoms with Crippen LogP contribution in [0.15, 0.2) is 53.5 Å². The van der Waals surface area contributed by atoms with E-state index in [1.165, 1.54) is 5.56 Å². The van der Waals surface area contributed by atoms with Crippen molar-refractivity contribution >= 4 is 35.6 Å².